The zero-order chi connectivity index (χ0) is 18.6. The maximum atomic E-state index is 11.9. The molecule has 0 radical (unpaired) electrons. The van der Waals surface area contributed by atoms with E-state index in [2.05, 4.69) is 20.8 Å². The highest BCUT2D eigenvalue weighted by molar-refractivity contribution is 5.69. The minimum Gasteiger partial charge on any atom is -0.465 e. The van der Waals surface area contributed by atoms with Crippen molar-refractivity contribution < 1.29 is 9.53 Å². The van der Waals surface area contributed by atoms with Gasteiger partial charge in [0, 0.05) is 6.42 Å². The second-order valence-corrected chi connectivity index (χ2v) is 7.77. The van der Waals surface area contributed by atoms with Gasteiger partial charge in [-0.25, -0.2) is 0 Å². The van der Waals surface area contributed by atoms with Crippen LogP contribution in [0, 0.1) is 5.92 Å². The minimum atomic E-state index is 0.0287. The van der Waals surface area contributed by atoms with Gasteiger partial charge >= 0.3 is 5.97 Å². The molecule has 0 amide bonds. The average molecular weight is 355 g/mol. The van der Waals surface area contributed by atoms with Gasteiger partial charge in [-0.2, -0.15) is 0 Å². The predicted octanol–water partition coefficient (Wildman–Crippen LogP) is 7.84. The molecule has 0 aromatic heterocycles. The molecule has 0 aliphatic rings. The van der Waals surface area contributed by atoms with Gasteiger partial charge in [0.25, 0.3) is 0 Å². The Morgan fingerprint density at radius 2 is 1.12 bits per heavy atom. The molecule has 0 saturated heterocycles. The van der Waals surface area contributed by atoms with Gasteiger partial charge in [0.15, 0.2) is 0 Å². The molecule has 2 heteroatoms. The third-order valence-electron chi connectivity index (χ3n) is 5.15. The first-order valence-corrected chi connectivity index (χ1v) is 11.4. The molecule has 0 spiro atoms. The molecule has 0 rings (SSSR count). The summed E-state index contributed by atoms with van der Waals surface area (Å²) >= 11 is 0. The van der Waals surface area contributed by atoms with Crippen molar-refractivity contribution in [2.75, 3.05) is 6.61 Å². The zero-order valence-electron chi connectivity index (χ0n) is 17.6. The number of unbranched alkanes of at least 4 members (excludes halogenated alkanes) is 11. The van der Waals surface area contributed by atoms with Crippen LogP contribution in [-0.2, 0) is 9.53 Å². The number of carbonyl (C=O) groups excluding carboxylic acids is 1. The lowest BCUT2D eigenvalue weighted by Crippen LogP contribution is -2.14. The van der Waals surface area contributed by atoms with Crippen molar-refractivity contribution in [1.29, 1.82) is 0 Å². The zero-order valence-corrected chi connectivity index (χ0v) is 17.6. The van der Waals surface area contributed by atoms with Crippen LogP contribution in [0.4, 0.5) is 0 Å². The molecule has 1 atom stereocenters. The van der Waals surface area contributed by atoms with E-state index >= 15 is 0 Å². The Labute approximate surface area is 158 Å². The summed E-state index contributed by atoms with van der Waals surface area (Å²) in [6.07, 6.45) is 21.0. The standard InChI is InChI=1S/C23H46O2/c1-4-7-10-12-13-14-15-17-20-23(24)25-21-22(18-9-6-3)19-16-11-8-5-2/h22H,4-21H2,1-3H3. The maximum absolute atomic E-state index is 11.9. The van der Waals surface area contributed by atoms with Gasteiger partial charge < -0.3 is 4.74 Å². The van der Waals surface area contributed by atoms with Crippen LogP contribution in [0.1, 0.15) is 130 Å². The number of ether oxygens (including phenoxy) is 1. The summed E-state index contributed by atoms with van der Waals surface area (Å²) < 4.78 is 5.58. The first-order chi connectivity index (χ1) is 12.2. The first-order valence-electron chi connectivity index (χ1n) is 11.4. The molecule has 0 bridgehead atoms. The Morgan fingerprint density at radius 1 is 0.640 bits per heavy atom. The molecule has 0 heterocycles. The number of esters is 1. The van der Waals surface area contributed by atoms with E-state index in [-0.39, 0.29) is 5.97 Å². The van der Waals surface area contributed by atoms with E-state index < -0.39 is 0 Å². The van der Waals surface area contributed by atoms with Crippen molar-refractivity contribution in [3.8, 4) is 0 Å². The van der Waals surface area contributed by atoms with Crippen molar-refractivity contribution >= 4 is 5.97 Å². The maximum Gasteiger partial charge on any atom is 0.305 e. The Kier molecular flexibility index (Phi) is 19.4. The molecule has 25 heavy (non-hydrogen) atoms. The number of hydrogen-bond donors (Lipinski definition) is 0. The molecular weight excluding hydrogens is 308 g/mol. The van der Waals surface area contributed by atoms with E-state index in [0.29, 0.717) is 18.9 Å². The Bertz CT molecular complexity index is 275. The first kappa shape index (κ1) is 24.5. The van der Waals surface area contributed by atoms with Gasteiger partial charge in [-0.15, -0.1) is 0 Å². The lowest BCUT2D eigenvalue weighted by molar-refractivity contribution is -0.145. The average Bonchev–Trinajstić information content (AvgIpc) is 2.62. The van der Waals surface area contributed by atoms with Crippen molar-refractivity contribution in [3.05, 3.63) is 0 Å². The highest BCUT2D eigenvalue weighted by Crippen LogP contribution is 2.18. The van der Waals surface area contributed by atoms with E-state index in [9.17, 15) is 4.79 Å². The van der Waals surface area contributed by atoms with Gasteiger partial charge in [-0.05, 0) is 25.2 Å². The SMILES string of the molecule is CCCCCCCCCCC(=O)OCC(CCCC)CCCCCC. The molecule has 2 nitrogen and oxygen atoms in total. The van der Waals surface area contributed by atoms with Crippen LogP contribution in [0.25, 0.3) is 0 Å². The molecule has 0 aliphatic carbocycles. The monoisotopic (exact) mass is 354 g/mol. The topological polar surface area (TPSA) is 26.3 Å². The Morgan fingerprint density at radius 3 is 1.72 bits per heavy atom. The third kappa shape index (κ3) is 18.1. The molecule has 0 saturated carbocycles. The predicted molar refractivity (Wildman–Crippen MR) is 110 cm³/mol. The van der Waals surface area contributed by atoms with Crippen molar-refractivity contribution in [3.63, 3.8) is 0 Å². The molecule has 0 aliphatic heterocycles. The van der Waals surface area contributed by atoms with Crippen LogP contribution in [-0.4, -0.2) is 12.6 Å². The number of rotatable bonds is 19. The van der Waals surface area contributed by atoms with Gasteiger partial charge in [0.05, 0.1) is 6.61 Å². The fourth-order valence-corrected chi connectivity index (χ4v) is 3.35. The molecule has 0 N–H and O–H groups in total. The van der Waals surface area contributed by atoms with E-state index in [1.807, 2.05) is 0 Å². The lowest BCUT2D eigenvalue weighted by Gasteiger charge is -2.16. The second-order valence-electron chi connectivity index (χ2n) is 7.77. The van der Waals surface area contributed by atoms with Crippen molar-refractivity contribution in [1.82, 2.24) is 0 Å². The summed E-state index contributed by atoms with van der Waals surface area (Å²) in [5.41, 5.74) is 0. The molecule has 1 unspecified atom stereocenters. The largest absolute Gasteiger partial charge is 0.465 e. The quantitative estimate of drug-likeness (QED) is 0.174. The van der Waals surface area contributed by atoms with Crippen LogP contribution >= 0.6 is 0 Å². The van der Waals surface area contributed by atoms with E-state index in [1.54, 1.807) is 0 Å². The molecule has 0 aromatic rings. The van der Waals surface area contributed by atoms with Gasteiger partial charge in [0.1, 0.15) is 0 Å². The van der Waals surface area contributed by atoms with Crippen LogP contribution in [0.5, 0.6) is 0 Å². The third-order valence-corrected chi connectivity index (χ3v) is 5.15. The van der Waals surface area contributed by atoms with Crippen LogP contribution in [0.3, 0.4) is 0 Å². The lowest BCUT2D eigenvalue weighted by atomic mass is 9.96. The minimum absolute atomic E-state index is 0.0287. The summed E-state index contributed by atoms with van der Waals surface area (Å²) in [6, 6.07) is 0. The number of carbonyl (C=O) groups is 1. The summed E-state index contributed by atoms with van der Waals surface area (Å²) in [5, 5.41) is 0. The van der Waals surface area contributed by atoms with Crippen LogP contribution in [0.15, 0.2) is 0 Å². The van der Waals surface area contributed by atoms with Crippen LogP contribution in [0.2, 0.25) is 0 Å². The Hall–Kier alpha value is -0.530. The highest BCUT2D eigenvalue weighted by Gasteiger charge is 2.11. The summed E-state index contributed by atoms with van der Waals surface area (Å²) in [7, 11) is 0. The molecule has 0 fully saturated rings. The normalized spacial score (nSPS) is 12.3. The summed E-state index contributed by atoms with van der Waals surface area (Å²) in [5.74, 6) is 0.611. The van der Waals surface area contributed by atoms with Crippen LogP contribution < -0.4 is 0 Å². The van der Waals surface area contributed by atoms with Gasteiger partial charge in [-0.1, -0.05) is 104 Å². The van der Waals surface area contributed by atoms with E-state index in [0.717, 1.165) is 6.42 Å². The number of hydrogen-bond acceptors (Lipinski definition) is 2. The second kappa shape index (κ2) is 19.8. The van der Waals surface area contributed by atoms with Gasteiger partial charge in [0.2, 0.25) is 0 Å². The van der Waals surface area contributed by atoms with Crippen molar-refractivity contribution in [2.24, 2.45) is 5.92 Å². The van der Waals surface area contributed by atoms with Gasteiger partial charge in [-0.3, -0.25) is 4.79 Å². The summed E-state index contributed by atoms with van der Waals surface area (Å²) in [4.78, 5) is 11.9. The van der Waals surface area contributed by atoms with Crippen molar-refractivity contribution in [2.45, 2.75) is 130 Å². The van der Waals surface area contributed by atoms with E-state index in [4.69, 9.17) is 4.74 Å². The summed E-state index contributed by atoms with van der Waals surface area (Å²) in [6.45, 7) is 7.40. The Balaban J connectivity index is 3.67. The molecular formula is C23H46O2. The fourth-order valence-electron chi connectivity index (χ4n) is 3.35. The smallest absolute Gasteiger partial charge is 0.305 e. The highest BCUT2D eigenvalue weighted by atomic mass is 16.5. The fraction of sp³-hybridized carbons (Fsp3) is 0.957. The molecule has 0 aromatic carbocycles. The van der Waals surface area contributed by atoms with E-state index in [1.165, 1.54) is 96.3 Å². The molecule has 150 valence electrons.